The number of fused-ring (bicyclic) bond motifs is 1. The summed E-state index contributed by atoms with van der Waals surface area (Å²) >= 11 is 4.48. The monoisotopic (exact) mass is 532 g/mol. The minimum Gasteiger partial charge on any atom is -0.497 e. The highest BCUT2D eigenvalue weighted by Crippen LogP contribution is 2.37. The number of hydrogen-bond donors (Lipinski definition) is 0. The van der Waals surface area contributed by atoms with Crippen molar-refractivity contribution in [3.05, 3.63) is 77.3 Å². The predicted molar refractivity (Wildman–Crippen MR) is 126 cm³/mol. The van der Waals surface area contributed by atoms with Crippen molar-refractivity contribution < 1.29 is 23.4 Å². The van der Waals surface area contributed by atoms with E-state index in [0.29, 0.717) is 42.5 Å². The van der Waals surface area contributed by atoms with Crippen LogP contribution in [-0.2, 0) is 9.53 Å². The lowest BCUT2D eigenvalue weighted by Gasteiger charge is -2.26. The van der Waals surface area contributed by atoms with Crippen LogP contribution in [0.3, 0.4) is 0 Å². The zero-order valence-electron chi connectivity index (χ0n) is 18.4. The molecule has 1 aliphatic heterocycles. The molecule has 172 valence electrons. The van der Waals surface area contributed by atoms with Crippen molar-refractivity contribution in [2.75, 3.05) is 20.8 Å². The van der Waals surface area contributed by atoms with Crippen molar-refractivity contribution in [3.8, 4) is 11.5 Å². The number of rotatable bonds is 6. The second-order valence-corrected chi connectivity index (χ2v) is 8.84. The van der Waals surface area contributed by atoms with Gasteiger partial charge in [0.2, 0.25) is 0 Å². The fourth-order valence-electron chi connectivity index (χ4n) is 3.67. The van der Waals surface area contributed by atoms with Crippen LogP contribution in [0, 0.1) is 0 Å². The molecule has 2 aromatic heterocycles. The zero-order valence-corrected chi connectivity index (χ0v) is 20.8. The summed E-state index contributed by atoms with van der Waals surface area (Å²) in [5, 5.41) is 0. The van der Waals surface area contributed by atoms with Crippen LogP contribution >= 0.6 is 27.3 Å². The summed E-state index contributed by atoms with van der Waals surface area (Å²) in [6.45, 7) is 3.65. The number of thiazole rings is 1. The molecule has 0 saturated carbocycles. The quantitative estimate of drug-likeness (QED) is 0.452. The van der Waals surface area contributed by atoms with Crippen molar-refractivity contribution in [1.29, 1.82) is 0 Å². The molecule has 1 atom stereocenters. The van der Waals surface area contributed by atoms with Crippen molar-refractivity contribution in [1.82, 2.24) is 4.57 Å². The molecule has 0 N–H and O–H groups in total. The number of carbonyl (C=O) groups excluding carboxylic acids is 1. The van der Waals surface area contributed by atoms with Crippen LogP contribution in [0.15, 0.2) is 60.5 Å². The number of carbonyl (C=O) groups is 1. The maximum absolute atomic E-state index is 13.6. The smallest absolute Gasteiger partial charge is 0.338 e. The maximum atomic E-state index is 13.6. The third kappa shape index (κ3) is 4.28. The van der Waals surface area contributed by atoms with E-state index in [9.17, 15) is 9.59 Å². The number of furan rings is 1. The lowest BCUT2D eigenvalue weighted by molar-refractivity contribution is -0.139. The summed E-state index contributed by atoms with van der Waals surface area (Å²) in [4.78, 5) is 31.6. The van der Waals surface area contributed by atoms with Gasteiger partial charge < -0.3 is 18.6 Å². The van der Waals surface area contributed by atoms with E-state index < -0.39 is 12.0 Å². The summed E-state index contributed by atoms with van der Waals surface area (Å²) in [5.74, 6) is 1.04. The zero-order chi connectivity index (χ0) is 23.7. The predicted octanol–water partition coefficient (Wildman–Crippen LogP) is 3.17. The number of aromatic nitrogens is 1. The first-order valence-corrected chi connectivity index (χ1v) is 11.7. The number of ether oxygens (including phenoxy) is 3. The van der Waals surface area contributed by atoms with Gasteiger partial charge >= 0.3 is 5.97 Å². The first kappa shape index (κ1) is 23.1. The molecule has 3 aromatic rings. The molecule has 1 aromatic carbocycles. The molecule has 0 saturated heterocycles. The average Bonchev–Trinajstić information content (AvgIpc) is 3.34. The molecule has 0 fully saturated rings. The largest absolute Gasteiger partial charge is 0.497 e. The Morgan fingerprint density at radius 1 is 1.27 bits per heavy atom. The molecule has 1 aliphatic rings. The topological polar surface area (TPSA) is 92.3 Å². The van der Waals surface area contributed by atoms with Gasteiger partial charge in [0.05, 0.1) is 36.6 Å². The van der Waals surface area contributed by atoms with Crippen molar-refractivity contribution in [2.24, 2.45) is 4.99 Å². The van der Waals surface area contributed by atoms with Crippen LogP contribution in [0.25, 0.3) is 6.08 Å². The van der Waals surface area contributed by atoms with Gasteiger partial charge in [-0.05, 0) is 60.1 Å². The lowest BCUT2D eigenvalue weighted by Crippen LogP contribution is -2.40. The highest BCUT2D eigenvalue weighted by Gasteiger charge is 2.35. The molecule has 8 nitrogen and oxygen atoms in total. The lowest BCUT2D eigenvalue weighted by atomic mass is 9.95. The minimum atomic E-state index is -0.809. The Hall–Kier alpha value is -3.11. The van der Waals surface area contributed by atoms with E-state index in [0.717, 1.165) is 0 Å². The number of benzene rings is 1. The van der Waals surface area contributed by atoms with Gasteiger partial charge in [0.25, 0.3) is 5.56 Å². The summed E-state index contributed by atoms with van der Waals surface area (Å²) in [6.07, 6.45) is 1.65. The van der Waals surface area contributed by atoms with Gasteiger partial charge in [-0.1, -0.05) is 11.3 Å². The van der Waals surface area contributed by atoms with Crippen molar-refractivity contribution in [2.45, 2.75) is 19.9 Å². The number of methoxy groups -OCH3 is 2. The fraction of sp³-hybridized carbons (Fsp3) is 0.261. The Labute approximate surface area is 201 Å². The first-order valence-electron chi connectivity index (χ1n) is 10.0. The third-order valence-corrected chi connectivity index (χ3v) is 6.52. The van der Waals surface area contributed by atoms with Gasteiger partial charge in [-0.2, -0.15) is 0 Å². The van der Waals surface area contributed by atoms with E-state index in [4.69, 9.17) is 18.6 Å². The van der Waals surface area contributed by atoms with Gasteiger partial charge in [0.1, 0.15) is 23.3 Å². The van der Waals surface area contributed by atoms with Crippen LogP contribution in [0.4, 0.5) is 0 Å². The molecule has 0 aliphatic carbocycles. The van der Waals surface area contributed by atoms with E-state index in [1.807, 2.05) is 0 Å². The molecular formula is C23H21BrN2O6S. The van der Waals surface area contributed by atoms with Crippen LogP contribution in [0.5, 0.6) is 11.5 Å². The highest BCUT2D eigenvalue weighted by atomic mass is 79.9. The minimum absolute atomic E-state index is 0.190. The molecule has 33 heavy (non-hydrogen) atoms. The second-order valence-electron chi connectivity index (χ2n) is 7.05. The number of hydrogen-bond acceptors (Lipinski definition) is 8. The Bertz CT molecular complexity index is 1430. The SMILES string of the molecule is CCOC(=O)C1=C(C)N=c2s/c(=C\c3ccc(Br)o3)c(=O)n2[C@H]1c1cc(OC)ccc1OC. The van der Waals surface area contributed by atoms with Gasteiger partial charge in [-0.15, -0.1) is 0 Å². The highest BCUT2D eigenvalue weighted by molar-refractivity contribution is 9.10. The molecule has 0 radical (unpaired) electrons. The summed E-state index contributed by atoms with van der Waals surface area (Å²) < 4.78 is 24.3. The standard InChI is InChI=1S/C23H21BrN2O6S/c1-5-31-22(28)19-12(2)25-23-26(20(19)15-10-13(29-3)6-8-16(15)30-4)21(27)17(33-23)11-14-7-9-18(24)32-14/h6-11,20H,5H2,1-4H3/b17-11-/t20-/m0/s1. The molecule has 4 rings (SSSR count). The fourth-order valence-corrected chi connectivity index (χ4v) is 5.02. The first-order chi connectivity index (χ1) is 15.9. The number of allylic oxidation sites excluding steroid dienone is 1. The normalized spacial score (nSPS) is 15.8. The summed E-state index contributed by atoms with van der Waals surface area (Å²) in [6, 6.07) is 7.93. The van der Waals surface area contributed by atoms with Crippen LogP contribution in [0.2, 0.25) is 0 Å². The number of nitrogens with zero attached hydrogens (tertiary/aromatic N) is 2. The second kappa shape index (κ2) is 9.40. The Kier molecular flexibility index (Phi) is 6.57. The third-order valence-electron chi connectivity index (χ3n) is 5.12. The molecule has 3 heterocycles. The summed E-state index contributed by atoms with van der Waals surface area (Å²) in [7, 11) is 3.08. The van der Waals surface area contributed by atoms with Crippen LogP contribution in [0.1, 0.15) is 31.2 Å². The van der Waals surface area contributed by atoms with Crippen molar-refractivity contribution >= 4 is 39.3 Å². The molecule has 10 heteroatoms. The molecule has 0 bridgehead atoms. The average molecular weight is 533 g/mol. The van der Waals surface area contributed by atoms with Crippen molar-refractivity contribution in [3.63, 3.8) is 0 Å². The van der Waals surface area contributed by atoms with E-state index >= 15 is 0 Å². The Morgan fingerprint density at radius 2 is 2.06 bits per heavy atom. The Balaban J connectivity index is 2.02. The number of esters is 1. The summed E-state index contributed by atoms with van der Waals surface area (Å²) in [5.41, 5.74) is 1.01. The molecule has 0 amide bonds. The van der Waals surface area contributed by atoms with Gasteiger partial charge in [-0.25, -0.2) is 9.79 Å². The van der Waals surface area contributed by atoms with E-state index in [-0.39, 0.29) is 17.7 Å². The van der Waals surface area contributed by atoms with E-state index in [1.165, 1.54) is 23.0 Å². The Morgan fingerprint density at radius 3 is 2.70 bits per heavy atom. The van der Waals surface area contributed by atoms with Crippen LogP contribution < -0.4 is 24.4 Å². The van der Waals surface area contributed by atoms with E-state index in [2.05, 4.69) is 20.9 Å². The van der Waals surface area contributed by atoms with Gasteiger partial charge in [-0.3, -0.25) is 9.36 Å². The van der Waals surface area contributed by atoms with Gasteiger partial charge in [0, 0.05) is 11.6 Å². The van der Waals surface area contributed by atoms with Gasteiger partial charge in [0.15, 0.2) is 9.47 Å². The van der Waals surface area contributed by atoms with Crippen LogP contribution in [-0.4, -0.2) is 31.4 Å². The molecule has 0 unspecified atom stereocenters. The van der Waals surface area contributed by atoms with E-state index in [1.54, 1.807) is 57.4 Å². The maximum Gasteiger partial charge on any atom is 0.338 e. The molecule has 0 spiro atoms. The number of halogens is 1. The molecular weight excluding hydrogens is 512 g/mol.